The summed E-state index contributed by atoms with van der Waals surface area (Å²) in [5, 5.41) is 2.81. The number of amides is 3. The van der Waals surface area contributed by atoms with Crippen molar-refractivity contribution >= 4 is 41.0 Å². The lowest BCUT2D eigenvalue weighted by molar-refractivity contribution is -0.146. The van der Waals surface area contributed by atoms with E-state index < -0.39 is 6.04 Å². The van der Waals surface area contributed by atoms with Gasteiger partial charge in [-0.25, -0.2) is 0 Å². The van der Waals surface area contributed by atoms with Crippen LogP contribution in [0.5, 0.6) is 0 Å². The van der Waals surface area contributed by atoms with E-state index in [1.807, 2.05) is 6.26 Å². The van der Waals surface area contributed by atoms with Crippen LogP contribution in [0.1, 0.15) is 49.4 Å². The molecule has 0 aromatic heterocycles. The molecule has 1 aliphatic carbocycles. The minimum atomic E-state index is -0.800. The Morgan fingerprint density at radius 2 is 1.68 bits per heavy atom. The van der Waals surface area contributed by atoms with Gasteiger partial charge in [0.2, 0.25) is 17.7 Å². The average molecular weight is 403 g/mol. The first kappa shape index (κ1) is 20.6. The first-order chi connectivity index (χ1) is 13.4. The molecule has 6 nitrogen and oxygen atoms in total. The molecule has 3 rings (SSSR count). The summed E-state index contributed by atoms with van der Waals surface area (Å²) in [5.41, 5.74) is 1.10. The van der Waals surface area contributed by atoms with E-state index in [1.54, 1.807) is 36.0 Å². The van der Waals surface area contributed by atoms with Crippen molar-refractivity contribution in [1.82, 2.24) is 4.90 Å². The van der Waals surface area contributed by atoms with Gasteiger partial charge in [0.1, 0.15) is 6.04 Å². The topological polar surface area (TPSA) is 83.6 Å². The first-order valence-electron chi connectivity index (χ1n) is 9.71. The number of nitrogens with zero attached hydrogens (tertiary/aromatic N) is 1. The minimum Gasteiger partial charge on any atom is -0.324 e. The highest BCUT2D eigenvalue weighted by Gasteiger charge is 2.51. The molecule has 1 aromatic rings. The number of hydrogen-bond donors (Lipinski definition) is 1. The van der Waals surface area contributed by atoms with Gasteiger partial charge in [-0.3, -0.25) is 24.1 Å². The Kier molecular flexibility index (Phi) is 6.54. The Morgan fingerprint density at radius 1 is 1.11 bits per heavy atom. The third-order valence-electron chi connectivity index (χ3n) is 5.64. The molecular weight excluding hydrogens is 376 g/mol. The Morgan fingerprint density at radius 3 is 2.18 bits per heavy atom. The van der Waals surface area contributed by atoms with Gasteiger partial charge >= 0.3 is 0 Å². The molecule has 0 radical (unpaired) electrons. The lowest BCUT2D eigenvalue weighted by Gasteiger charge is -2.26. The van der Waals surface area contributed by atoms with E-state index in [4.69, 9.17) is 0 Å². The fraction of sp³-hybridized carbons (Fsp3) is 0.524. The number of thioether (sulfide) groups is 1. The fourth-order valence-corrected chi connectivity index (χ4v) is 4.57. The van der Waals surface area contributed by atoms with Gasteiger partial charge in [0, 0.05) is 11.3 Å². The molecule has 2 aliphatic rings. The van der Waals surface area contributed by atoms with Crippen LogP contribution in [0.3, 0.4) is 0 Å². The Labute approximate surface area is 169 Å². The van der Waals surface area contributed by atoms with Crippen molar-refractivity contribution in [3.63, 3.8) is 0 Å². The highest BCUT2D eigenvalue weighted by atomic mass is 32.2. The molecule has 150 valence electrons. The summed E-state index contributed by atoms with van der Waals surface area (Å²) in [6.07, 6.45) is 5.74. The lowest BCUT2D eigenvalue weighted by Crippen LogP contribution is -2.48. The molecular formula is C21H26N2O4S. The summed E-state index contributed by atoms with van der Waals surface area (Å²) in [4.78, 5) is 51.4. The van der Waals surface area contributed by atoms with Gasteiger partial charge < -0.3 is 5.32 Å². The Hall–Kier alpha value is -2.15. The highest BCUT2D eigenvalue weighted by molar-refractivity contribution is 7.98. The number of benzene rings is 1. The van der Waals surface area contributed by atoms with Crippen LogP contribution in [0.2, 0.25) is 0 Å². The number of ketones is 1. The number of fused-ring (bicyclic) bond motifs is 1. The van der Waals surface area contributed by atoms with Crippen LogP contribution in [0.25, 0.3) is 0 Å². The van der Waals surface area contributed by atoms with Crippen LogP contribution >= 0.6 is 11.8 Å². The molecule has 3 atom stereocenters. The van der Waals surface area contributed by atoms with E-state index in [1.165, 1.54) is 11.8 Å². The number of imide groups is 1. The third kappa shape index (κ3) is 4.14. The number of carbonyl (C=O) groups is 4. The molecule has 1 saturated heterocycles. The largest absolute Gasteiger partial charge is 0.324 e. The van der Waals surface area contributed by atoms with Gasteiger partial charge in [-0.15, -0.1) is 0 Å². The zero-order valence-electron chi connectivity index (χ0n) is 16.3. The normalized spacial score (nSPS) is 22.7. The van der Waals surface area contributed by atoms with E-state index >= 15 is 0 Å². The van der Waals surface area contributed by atoms with Gasteiger partial charge in [0.25, 0.3) is 0 Å². The molecule has 1 N–H and O–H groups in total. The number of nitrogens with one attached hydrogen (secondary N) is 1. The van der Waals surface area contributed by atoms with Crippen LogP contribution in [-0.2, 0) is 14.4 Å². The second-order valence-corrected chi connectivity index (χ2v) is 8.45. The minimum absolute atomic E-state index is 0.0495. The number of Topliss-reactive ketones (excluding diaryl/α,β-unsaturated/α-hetero) is 1. The average Bonchev–Trinajstić information content (AvgIpc) is 2.94. The molecule has 3 unspecified atom stereocenters. The van der Waals surface area contributed by atoms with Gasteiger partial charge in [-0.1, -0.05) is 12.8 Å². The predicted molar refractivity (Wildman–Crippen MR) is 109 cm³/mol. The lowest BCUT2D eigenvalue weighted by atomic mass is 9.81. The maximum Gasteiger partial charge on any atom is 0.247 e. The molecule has 1 heterocycles. The number of likely N-dealkylation sites (tertiary alicyclic amines) is 1. The van der Waals surface area contributed by atoms with E-state index in [2.05, 4.69) is 5.32 Å². The van der Waals surface area contributed by atoms with Gasteiger partial charge in [0.15, 0.2) is 5.78 Å². The standard InChI is InChI=1S/C21H26N2O4S/c1-13(24)14-7-9-15(10-8-14)22-19(25)18(11-12-28-2)23-20(26)16-5-3-4-6-17(16)21(23)27/h7-10,16-18H,3-6,11-12H2,1-2H3,(H,22,25). The Balaban J connectivity index is 1.79. The van der Waals surface area contributed by atoms with Crippen molar-refractivity contribution in [3.05, 3.63) is 29.8 Å². The maximum absolute atomic E-state index is 13.0. The summed E-state index contributed by atoms with van der Waals surface area (Å²) < 4.78 is 0. The van der Waals surface area contributed by atoms with Crippen LogP contribution in [-0.4, -0.2) is 46.5 Å². The van der Waals surface area contributed by atoms with Crippen molar-refractivity contribution in [2.24, 2.45) is 11.8 Å². The summed E-state index contributed by atoms with van der Waals surface area (Å²) >= 11 is 1.58. The van der Waals surface area contributed by atoms with Crippen molar-refractivity contribution in [2.45, 2.75) is 45.1 Å². The van der Waals surface area contributed by atoms with Crippen molar-refractivity contribution < 1.29 is 19.2 Å². The number of rotatable bonds is 7. The second kappa shape index (κ2) is 8.90. The summed E-state index contributed by atoms with van der Waals surface area (Å²) in [6, 6.07) is 5.82. The summed E-state index contributed by atoms with van der Waals surface area (Å²) in [7, 11) is 0. The first-order valence-corrected chi connectivity index (χ1v) is 11.1. The van der Waals surface area contributed by atoms with Gasteiger partial charge in [-0.2, -0.15) is 11.8 Å². The molecule has 1 saturated carbocycles. The van der Waals surface area contributed by atoms with Crippen molar-refractivity contribution in [2.75, 3.05) is 17.3 Å². The SMILES string of the molecule is CSCCC(C(=O)Nc1ccc(C(C)=O)cc1)N1C(=O)C2CCCCC2C1=O. The van der Waals surface area contributed by atoms with Gasteiger partial charge in [0.05, 0.1) is 11.8 Å². The molecule has 28 heavy (non-hydrogen) atoms. The fourth-order valence-electron chi connectivity index (χ4n) is 4.12. The number of hydrogen-bond acceptors (Lipinski definition) is 5. The predicted octanol–water partition coefficient (Wildman–Crippen LogP) is 3.12. The van der Waals surface area contributed by atoms with E-state index in [0.717, 1.165) is 25.7 Å². The maximum atomic E-state index is 13.0. The highest BCUT2D eigenvalue weighted by Crippen LogP contribution is 2.39. The molecule has 3 amide bonds. The van der Waals surface area contributed by atoms with Crippen LogP contribution in [0, 0.1) is 11.8 Å². The quantitative estimate of drug-likeness (QED) is 0.560. The molecule has 7 heteroatoms. The third-order valence-corrected chi connectivity index (χ3v) is 6.29. The van der Waals surface area contributed by atoms with Crippen LogP contribution in [0.4, 0.5) is 5.69 Å². The molecule has 0 bridgehead atoms. The van der Waals surface area contributed by atoms with Gasteiger partial charge in [-0.05, 0) is 62.5 Å². The number of carbonyl (C=O) groups excluding carboxylic acids is 4. The molecule has 1 aliphatic heterocycles. The molecule has 0 spiro atoms. The molecule has 2 fully saturated rings. The van der Waals surface area contributed by atoms with E-state index in [9.17, 15) is 19.2 Å². The summed E-state index contributed by atoms with van der Waals surface area (Å²) in [5.74, 6) is -0.642. The zero-order valence-corrected chi connectivity index (χ0v) is 17.1. The van der Waals surface area contributed by atoms with E-state index in [-0.39, 0.29) is 35.3 Å². The van der Waals surface area contributed by atoms with Crippen molar-refractivity contribution in [3.8, 4) is 0 Å². The Bertz CT molecular complexity index is 753. The van der Waals surface area contributed by atoms with Crippen molar-refractivity contribution in [1.29, 1.82) is 0 Å². The van der Waals surface area contributed by atoms with Crippen LogP contribution < -0.4 is 5.32 Å². The molecule has 1 aromatic carbocycles. The smallest absolute Gasteiger partial charge is 0.247 e. The summed E-state index contributed by atoms with van der Waals surface area (Å²) in [6.45, 7) is 1.48. The monoisotopic (exact) mass is 402 g/mol. The second-order valence-electron chi connectivity index (χ2n) is 7.46. The number of anilines is 1. The zero-order chi connectivity index (χ0) is 20.3. The van der Waals surface area contributed by atoms with E-state index in [0.29, 0.717) is 23.4 Å². The van der Waals surface area contributed by atoms with Crippen LogP contribution in [0.15, 0.2) is 24.3 Å².